The Labute approximate surface area is 106 Å². The fourth-order valence-corrected chi connectivity index (χ4v) is 1.03. The van der Waals surface area contributed by atoms with Crippen molar-refractivity contribution in [2.75, 3.05) is 6.61 Å². The maximum atomic E-state index is 12.0. The molecule has 0 radical (unpaired) electrons. The topological polar surface area (TPSA) is 92.7 Å². The number of carboxylic acids is 1. The number of carbonyl (C=O) groups is 3. The predicted octanol–water partition coefficient (Wildman–Crippen LogP) is 0.851. The summed E-state index contributed by atoms with van der Waals surface area (Å²) in [5, 5.41) is 9.78. The molecular weight excluding hydrogens is 271 g/mol. The molecule has 19 heavy (non-hydrogen) atoms. The summed E-state index contributed by atoms with van der Waals surface area (Å²) in [5.74, 6) is -5.11. The van der Waals surface area contributed by atoms with Gasteiger partial charge >= 0.3 is 24.0 Å². The van der Waals surface area contributed by atoms with Crippen molar-refractivity contribution < 1.29 is 37.4 Å². The molecule has 1 atom stereocenters. The normalized spacial score (nSPS) is 12.6. The summed E-state index contributed by atoms with van der Waals surface area (Å²) in [7, 11) is 0. The molecule has 0 fully saturated rings. The Morgan fingerprint density at radius 2 is 1.89 bits per heavy atom. The second kappa shape index (κ2) is 7.59. The zero-order chi connectivity index (χ0) is 15.1. The van der Waals surface area contributed by atoms with Crippen molar-refractivity contribution in [2.45, 2.75) is 38.4 Å². The molecule has 0 aromatic heterocycles. The molecule has 0 aliphatic rings. The number of ether oxygens (including phenoxy) is 1. The molecule has 0 rings (SSSR count). The van der Waals surface area contributed by atoms with E-state index in [0.29, 0.717) is 12.8 Å². The van der Waals surface area contributed by atoms with Crippen LogP contribution in [0.25, 0.3) is 0 Å². The number of carbonyl (C=O) groups excluding carboxylic acids is 2. The lowest BCUT2D eigenvalue weighted by Crippen LogP contribution is -2.48. The zero-order valence-corrected chi connectivity index (χ0v) is 10.1. The summed E-state index contributed by atoms with van der Waals surface area (Å²) in [6, 6.07) is -1.86. The Kier molecular flexibility index (Phi) is 6.87. The lowest BCUT2D eigenvalue weighted by atomic mass is 10.2. The maximum Gasteiger partial charge on any atom is 0.471 e. The summed E-state index contributed by atoms with van der Waals surface area (Å²) in [5.41, 5.74) is 0. The number of rotatable bonds is 7. The molecule has 0 aromatic carbocycles. The Balaban J connectivity index is 4.58. The summed E-state index contributed by atoms with van der Waals surface area (Å²) < 4.78 is 40.6. The number of hydrogen-bond acceptors (Lipinski definition) is 4. The van der Waals surface area contributed by atoms with Gasteiger partial charge in [-0.15, -0.1) is 0 Å². The van der Waals surface area contributed by atoms with Gasteiger partial charge in [-0.05, 0) is 6.42 Å². The number of nitrogens with one attached hydrogen (secondary N) is 1. The van der Waals surface area contributed by atoms with E-state index in [0.717, 1.165) is 0 Å². The van der Waals surface area contributed by atoms with Gasteiger partial charge < -0.3 is 15.2 Å². The Bertz CT molecular complexity index is 343. The number of aliphatic carboxylic acids is 1. The molecule has 110 valence electrons. The van der Waals surface area contributed by atoms with Crippen LogP contribution in [0.4, 0.5) is 13.2 Å². The summed E-state index contributed by atoms with van der Waals surface area (Å²) in [4.78, 5) is 32.4. The smallest absolute Gasteiger partial charge is 0.471 e. The highest BCUT2D eigenvalue weighted by Gasteiger charge is 2.41. The number of alkyl halides is 3. The van der Waals surface area contributed by atoms with E-state index in [1.165, 1.54) is 5.32 Å². The van der Waals surface area contributed by atoms with Crippen molar-refractivity contribution in [3.63, 3.8) is 0 Å². The van der Waals surface area contributed by atoms with Crippen LogP contribution >= 0.6 is 0 Å². The largest absolute Gasteiger partial charge is 0.481 e. The molecule has 0 aliphatic carbocycles. The van der Waals surface area contributed by atoms with E-state index in [-0.39, 0.29) is 6.61 Å². The molecule has 0 heterocycles. The second-order valence-electron chi connectivity index (χ2n) is 3.64. The number of amides is 1. The average molecular weight is 285 g/mol. The fraction of sp³-hybridized carbons (Fsp3) is 0.700. The van der Waals surface area contributed by atoms with E-state index in [9.17, 15) is 27.6 Å². The van der Waals surface area contributed by atoms with Crippen LogP contribution in [0.1, 0.15) is 26.2 Å². The van der Waals surface area contributed by atoms with Crippen LogP contribution in [0.3, 0.4) is 0 Å². The van der Waals surface area contributed by atoms with Crippen LogP contribution in [-0.4, -0.2) is 41.8 Å². The molecule has 0 aliphatic heterocycles. The maximum absolute atomic E-state index is 12.0. The number of hydrogen-bond donors (Lipinski definition) is 2. The molecule has 6 nitrogen and oxygen atoms in total. The summed E-state index contributed by atoms with van der Waals surface area (Å²) in [6.45, 7) is 1.75. The van der Waals surface area contributed by atoms with Crippen molar-refractivity contribution in [1.29, 1.82) is 0 Å². The van der Waals surface area contributed by atoms with Crippen LogP contribution < -0.4 is 5.32 Å². The SMILES string of the molecule is CCCCOC(=O)[C@H](CC(=O)O)NC(=O)C(F)(F)F. The van der Waals surface area contributed by atoms with Crippen LogP contribution in [0, 0.1) is 0 Å². The van der Waals surface area contributed by atoms with Crippen molar-refractivity contribution >= 4 is 17.8 Å². The Hall–Kier alpha value is -1.80. The highest BCUT2D eigenvalue weighted by Crippen LogP contribution is 2.15. The van der Waals surface area contributed by atoms with Crippen molar-refractivity contribution in [2.24, 2.45) is 0 Å². The van der Waals surface area contributed by atoms with Gasteiger partial charge in [0.1, 0.15) is 6.04 Å². The fourth-order valence-electron chi connectivity index (χ4n) is 1.03. The van der Waals surface area contributed by atoms with Crippen molar-refractivity contribution in [1.82, 2.24) is 5.32 Å². The quantitative estimate of drug-likeness (QED) is 0.534. The second-order valence-corrected chi connectivity index (χ2v) is 3.64. The van der Waals surface area contributed by atoms with E-state index in [1.807, 2.05) is 0 Å². The minimum atomic E-state index is -5.19. The monoisotopic (exact) mass is 285 g/mol. The van der Waals surface area contributed by atoms with E-state index < -0.39 is 36.5 Å². The van der Waals surface area contributed by atoms with Gasteiger partial charge in [-0.3, -0.25) is 9.59 Å². The van der Waals surface area contributed by atoms with E-state index in [2.05, 4.69) is 4.74 Å². The standard InChI is InChI=1S/C10H14F3NO5/c1-2-3-4-19-8(17)6(5-7(15)16)14-9(18)10(11,12)13/h6H,2-5H2,1H3,(H,14,18)(H,15,16)/t6-/m0/s1. The van der Waals surface area contributed by atoms with Crippen LogP contribution in [0.15, 0.2) is 0 Å². The molecule has 0 unspecified atom stereocenters. The first-order chi connectivity index (χ1) is 8.68. The summed E-state index contributed by atoms with van der Waals surface area (Å²) >= 11 is 0. The molecular formula is C10H14F3NO5. The minimum absolute atomic E-state index is 0.0483. The minimum Gasteiger partial charge on any atom is -0.481 e. The Morgan fingerprint density at radius 1 is 1.32 bits per heavy atom. The van der Waals surface area contributed by atoms with Gasteiger partial charge in [0, 0.05) is 0 Å². The highest BCUT2D eigenvalue weighted by molar-refractivity contribution is 5.89. The van der Waals surface area contributed by atoms with Gasteiger partial charge in [0.15, 0.2) is 0 Å². The van der Waals surface area contributed by atoms with Gasteiger partial charge in [-0.25, -0.2) is 4.79 Å². The molecule has 1 amide bonds. The van der Waals surface area contributed by atoms with Crippen LogP contribution in [-0.2, 0) is 19.1 Å². The first kappa shape index (κ1) is 17.2. The van der Waals surface area contributed by atoms with E-state index in [1.54, 1.807) is 6.92 Å². The van der Waals surface area contributed by atoms with E-state index in [4.69, 9.17) is 5.11 Å². The number of halogens is 3. The number of esters is 1. The third kappa shape index (κ3) is 7.27. The van der Waals surface area contributed by atoms with Gasteiger partial charge in [0.25, 0.3) is 0 Å². The molecule has 0 aromatic rings. The number of unbranched alkanes of at least 4 members (excludes halogenated alkanes) is 1. The van der Waals surface area contributed by atoms with Crippen LogP contribution in [0.5, 0.6) is 0 Å². The predicted molar refractivity (Wildman–Crippen MR) is 56.1 cm³/mol. The van der Waals surface area contributed by atoms with Crippen LogP contribution in [0.2, 0.25) is 0 Å². The lowest BCUT2D eigenvalue weighted by Gasteiger charge is -2.16. The molecule has 0 spiro atoms. The molecule has 0 saturated carbocycles. The molecule has 0 saturated heterocycles. The third-order valence-electron chi connectivity index (χ3n) is 1.97. The number of carboxylic acid groups (broad SMARTS) is 1. The zero-order valence-electron chi connectivity index (χ0n) is 10.1. The molecule has 0 bridgehead atoms. The molecule has 9 heteroatoms. The summed E-state index contributed by atoms with van der Waals surface area (Å²) in [6.07, 6.45) is -5.00. The van der Waals surface area contributed by atoms with Gasteiger partial charge in [0.2, 0.25) is 0 Å². The third-order valence-corrected chi connectivity index (χ3v) is 1.97. The highest BCUT2D eigenvalue weighted by atomic mass is 19.4. The van der Waals surface area contributed by atoms with E-state index >= 15 is 0 Å². The molecule has 2 N–H and O–H groups in total. The van der Waals surface area contributed by atoms with Crippen molar-refractivity contribution in [3.05, 3.63) is 0 Å². The lowest BCUT2D eigenvalue weighted by molar-refractivity contribution is -0.176. The van der Waals surface area contributed by atoms with Gasteiger partial charge in [-0.1, -0.05) is 13.3 Å². The average Bonchev–Trinajstić information content (AvgIpc) is 2.26. The Morgan fingerprint density at radius 3 is 2.32 bits per heavy atom. The van der Waals surface area contributed by atoms with Crippen molar-refractivity contribution in [3.8, 4) is 0 Å². The van der Waals surface area contributed by atoms with Gasteiger partial charge in [0.05, 0.1) is 13.0 Å². The first-order valence-electron chi connectivity index (χ1n) is 5.44. The van der Waals surface area contributed by atoms with Gasteiger partial charge in [-0.2, -0.15) is 13.2 Å². The first-order valence-corrected chi connectivity index (χ1v) is 5.44.